The van der Waals surface area contributed by atoms with E-state index >= 15 is 0 Å². The molecule has 128 valence electrons. The number of benzene rings is 1. The third kappa shape index (κ3) is 2.69. The molecule has 3 aliphatic rings. The minimum atomic E-state index is -0.302. The standard InChI is InChI=1S/C17H22N4O3/c22-15-5-4-14(17(23)19-15)21-10-11-24-16-12(2-1-3-13(16)21)20-8-6-18-7-9-20/h1-3,14,18H,4-11H2,(H,19,22,23). The van der Waals surface area contributed by atoms with E-state index in [1.54, 1.807) is 0 Å². The van der Waals surface area contributed by atoms with Crippen LogP contribution in [0, 0.1) is 0 Å². The molecule has 1 aromatic rings. The van der Waals surface area contributed by atoms with Gasteiger partial charge in [0.25, 0.3) is 0 Å². The van der Waals surface area contributed by atoms with Crippen LogP contribution in [0.4, 0.5) is 11.4 Å². The monoisotopic (exact) mass is 330 g/mol. The maximum atomic E-state index is 12.3. The van der Waals surface area contributed by atoms with E-state index in [0.29, 0.717) is 26.0 Å². The van der Waals surface area contributed by atoms with Crippen LogP contribution in [0.2, 0.25) is 0 Å². The zero-order chi connectivity index (χ0) is 16.5. The molecule has 1 aromatic carbocycles. The number of carbonyl (C=O) groups is 2. The van der Waals surface area contributed by atoms with Crippen molar-refractivity contribution in [1.82, 2.24) is 10.6 Å². The molecule has 3 heterocycles. The van der Waals surface area contributed by atoms with Crippen molar-refractivity contribution in [3.63, 3.8) is 0 Å². The molecule has 0 radical (unpaired) electrons. The second kappa shape index (κ2) is 6.32. The average Bonchev–Trinajstić information content (AvgIpc) is 2.62. The van der Waals surface area contributed by atoms with E-state index in [2.05, 4.69) is 26.5 Å². The van der Waals surface area contributed by atoms with Crippen molar-refractivity contribution in [3.05, 3.63) is 18.2 Å². The van der Waals surface area contributed by atoms with Crippen molar-refractivity contribution in [1.29, 1.82) is 0 Å². The highest BCUT2D eigenvalue weighted by molar-refractivity contribution is 6.02. The first-order valence-electron chi connectivity index (χ1n) is 8.56. The smallest absolute Gasteiger partial charge is 0.249 e. The van der Waals surface area contributed by atoms with Gasteiger partial charge in [-0.2, -0.15) is 0 Å². The molecule has 1 unspecified atom stereocenters. The third-order valence-electron chi connectivity index (χ3n) is 4.91. The number of hydrogen-bond acceptors (Lipinski definition) is 6. The summed E-state index contributed by atoms with van der Waals surface area (Å²) in [5, 5.41) is 5.81. The van der Waals surface area contributed by atoms with E-state index in [0.717, 1.165) is 43.3 Å². The van der Waals surface area contributed by atoms with E-state index in [9.17, 15) is 9.59 Å². The minimum absolute atomic E-state index is 0.181. The predicted octanol–water partition coefficient (Wildman–Crippen LogP) is 0.100. The minimum Gasteiger partial charge on any atom is -0.487 e. The van der Waals surface area contributed by atoms with Gasteiger partial charge in [-0.15, -0.1) is 0 Å². The molecule has 0 aromatic heterocycles. The lowest BCUT2D eigenvalue weighted by Crippen LogP contribution is -2.54. The van der Waals surface area contributed by atoms with Crippen LogP contribution in [0.25, 0.3) is 0 Å². The van der Waals surface area contributed by atoms with Gasteiger partial charge >= 0.3 is 0 Å². The molecule has 0 saturated carbocycles. The Bertz CT molecular complexity index is 657. The van der Waals surface area contributed by atoms with E-state index in [1.807, 2.05) is 12.1 Å². The summed E-state index contributed by atoms with van der Waals surface area (Å²) in [6.07, 6.45) is 0.947. The van der Waals surface area contributed by atoms with Gasteiger partial charge < -0.3 is 19.9 Å². The Morgan fingerprint density at radius 1 is 1.08 bits per heavy atom. The first-order chi connectivity index (χ1) is 11.7. The maximum absolute atomic E-state index is 12.3. The molecule has 0 spiro atoms. The summed E-state index contributed by atoms with van der Waals surface area (Å²) in [6.45, 7) is 5.01. The molecular weight excluding hydrogens is 308 g/mol. The fourth-order valence-corrected chi connectivity index (χ4v) is 3.71. The largest absolute Gasteiger partial charge is 0.487 e. The van der Waals surface area contributed by atoms with Crippen LogP contribution in [0.1, 0.15) is 12.8 Å². The predicted molar refractivity (Wildman–Crippen MR) is 90.5 cm³/mol. The van der Waals surface area contributed by atoms with E-state index in [-0.39, 0.29) is 17.9 Å². The molecule has 24 heavy (non-hydrogen) atoms. The number of rotatable bonds is 2. The molecule has 7 nitrogen and oxygen atoms in total. The highest BCUT2D eigenvalue weighted by Gasteiger charge is 2.35. The third-order valence-corrected chi connectivity index (χ3v) is 4.91. The van der Waals surface area contributed by atoms with Crippen LogP contribution >= 0.6 is 0 Å². The molecule has 2 saturated heterocycles. The summed E-state index contributed by atoms with van der Waals surface area (Å²) in [4.78, 5) is 28.1. The Labute approximate surface area is 140 Å². The van der Waals surface area contributed by atoms with Gasteiger partial charge in [-0.25, -0.2) is 0 Å². The number of anilines is 2. The van der Waals surface area contributed by atoms with Crippen LogP contribution in [-0.4, -0.2) is 57.2 Å². The van der Waals surface area contributed by atoms with Crippen LogP contribution in [0.5, 0.6) is 5.75 Å². The number of ether oxygens (including phenoxy) is 1. The van der Waals surface area contributed by atoms with Crippen molar-refractivity contribution in [3.8, 4) is 5.75 Å². The molecule has 1 atom stereocenters. The Morgan fingerprint density at radius 3 is 2.67 bits per heavy atom. The first kappa shape index (κ1) is 15.3. The number of nitrogens with zero attached hydrogens (tertiary/aromatic N) is 2. The fourth-order valence-electron chi connectivity index (χ4n) is 3.71. The number of hydrogen-bond donors (Lipinski definition) is 2. The number of nitrogens with one attached hydrogen (secondary N) is 2. The molecule has 4 rings (SSSR count). The van der Waals surface area contributed by atoms with Crippen molar-refractivity contribution < 1.29 is 14.3 Å². The van der Waals surface area contributed by atoms with Crippen molar-refractivity contribution >= 4 is 23.2 Å². The Balaban J connectivity index is 1.65. The summed E-state index contributed by atoms with van der Waals surface area (Å²) in [5.74, 6) is 0.473. The quantitative estimate of drug-likeness (QED) is 0.750. The van der Waals surface area contributed by atoms with Crippen molar-refractivity contribution in [2.75, 3.05) is 49.1 Å². The summed E-state index contributed by atoms with van der Waals surface area (Å²) < 4.78 is 5.98. The van der Waals surface area contributed by atoms with Gasteiger partial charge in [-0.1, -0.05) is 6.07 Å². The summed E-state index contributed by atoms with van der Waals surface area (Å²) in [6, 6.07) is 5.80. The van der Waals surface area contributed by atoms with Gasteiger partial charge in [0.15, 0.2) is 5.75 Å². The lowest BCUT2D eigenvalue weighted by atomic mass is 10.0. The number of carbonyl (C=O) groups excluding carboxylic acids is 2. The van der Waals surface area contributed by atoms with Gasteiger partial charge in [0.05, 0.1) is 17.9 Å². The number of piperidine rings is 1. The Kier molecular flexibility index (Phi) is 4.02. The Hall–Kier alpha value is -2.28. The van der Waals surface area contributed by atoms with Crippen LogP contribution in [-0.2, 0) is 9.59 Å². The molecule has 7 heteroatoms. The maximum Gasteiger partial charge on any atom is 0.249 e. The van der Waals surface area contributed by atoms with Crippen LogP contribution in [0.3, 0.4) is 0 Å². The summed E-state index contributed by atoms with van der Waals surface area (Å²) in [7, 11) is 0. The molecular formula is C17H22N4O3. The summed E-state index contributed by atoms with van der Waals surface area (Å²) in [5.41, 5.74) is 2.04. The van der Waals surface area contributed by atoms with Gasteiger partial charge in [-0.05, 0) is 18.6 Å². The fraction of sp³-hybridized carbons (Fsp3) is 0.529. The van der Waals surface area contributed by atoms with Gasteiger partial charge in [0.1, 0.15) is 12.6 Å². The number of amides is 2. The Morgan fingerprint density at radius 2 is 1.88 bits per heavy atom. The molecule has 2 fully saturated rings. The zero-order valence-corrected chi connectivity index (χ0v) is 13.6. The zero-order valence-electron chi connectivity index (χ0n) is 13.6. The van der Waals surface area contributed by atoms with Crippen molar-refractivity contribution in [2.45, 2.75) is 18.9 Å². The second-order valence-electron chi connectivity index (χ2n) is 6.37. The van der Waals surface area contributed by atoms with E-state index in [4.69, 9.17) is 4.74 Å². The van der Waals surface area contributed by atoms with E-state index < -0.39 is 0 Å². The number of imide groups is 1. The second-order valence-corrected chi connectivity index (χ2v) is 6.37. The summed E-state index contributed by atoms with van der Waals surface area (Å²) >= 11 is 0. The molecule has 0 aliphatic carbocycles. The molecule has 2 N–H and O–H groups in total. The van der Waals surface area contributed by atoms with Gasteiger partial charge in [0.2, 0.25) is 11.8 Å². The highest BCUT2D eigenvalue weighted by Crippen LogP contribution is 2.41. The van der Waals surface area contributed by atoms with Crippen LogP contribution < -0.4 is 25.2 Å². The van der Waals surface area contributed by atoms with Gasteiger partial charge in [-0.3, -0.25) is 14.9 Å². The number of fused-ring (bicyclic) bond motifs is 1. The molecule has 3 aliphatic heterocycles. The normalized spacial score (nSPS) is 24.2. The SMILES string of the molecule is O=C1CCC(N2CCOc3c(N4CCNCC4)cccc32)C(=O)N1. The topological polar surface area (TPSA) is 73.9 Å². The first-order valence-corrected chi connectivity index (χ1v) is 8.56. The lowest BCUT2D eigenvalue weighted by Gasteiger charge is -2.40. The molecule has 0 bridgehead atoms. The van der Waals surface area contributed by atoms with Crippen LogP contribution in [0.15, 0.2) is 18.2 Å². The molecule has 2 amide bonds. The number of para-hydroxylation sites is 1. The van der Waals surface area contributed by atoms with Crippen molar-refractivity contribution in [2.24, 2.45) is 0 Å². The average molecular weight is 330 g/mol. The number of piperazine rings is 1. The lowest BCUT2D eigenvalue weighted by molar-refractivity contribution is -0.134. The van der Waals surface area contributed by atoms with Gasteiger partial charge in [0, 0.05) is 32.6 Å². The van der Waals surface area contributed by atoms with E-state index in [1.165, 1.54) is 0 Å². The highest BCUT2D eigenvalue weighted by atomic mass is 16.5.